The Morgan fingerprint density at radius 3 is 2.68 bits per heavy atom. The minimum atomic E-state index is -0.548. The van der Waals surface area contributed by atoms with Crippen LogP contribution in [0.5, 0.6) is 0 Å². The second-order valence-corrected chi connectivity index (χ2v) is 8.32. The highest BCUT2D eigenvalue weighted by Gasteiger charge is 2.19. The smallest absolute Gasteiger partial charge is 0.284 e. The van der Waals surface area contributed by atoms with Gasteiger partial charge in [0.2, 0.25) is 5.91 Å². The van der Waals surface area contributed by atoms with Crippen LogP contribution in [-0.2, 0) is 17.6 Å². The van der Waals surface area contributed by atoms with Gasteiger partial charge in [-0.1, -0.05) is 12.1 Å². The Morgan fingerprint density at radius 1 is 1.03 bits per heavy atom. The summed E-state index contributed by atoms with van der Waals surface area (Å²) < 4.78 is 5.48. The van der Waals surface area contributed by atoms with E-state index in [4.69, 9.17) is 10.2 Å². The average molecular weight is 418 g/mol. The molecule has 3 N–H and O–H groups in total. The highest BCUT2D eigenvalue weighted by Crippen LogP contribution is 2.27. The molecule has 5 rings (SSSR count). The Bertz CT molecular complexity index is 1140. The fourth-order valence-corrected chi connectivity index (χ4v) is 4.44. The van der Waals surface area contributed by atoms with Crippen molar-refractivity contribution in [1.82, 2.24) is 4.90 Å². The van der Waals surface area contributed by atoms with E-state index >= 15 is 0 Å². The number of piperazine rings is 1. The Kier molecular flexibility index (Phi) is 5.11. The number of furan rings is 1. The van der Waals surface area contributed by atoms with Gasteiger partial charge in [0.25, 0.3) is 5.91 Å². The number of aryl methyl sites for hydroxylation is 1. The fraction of sp³-hybridized carbons (Fsp3) is 0.333. The van der Waals surface area contributed by atoms with Crippen molar-refractivity contribution in [1.29, 1.82) is 0 Å². The number of amides is 2. The van der Waals surface area contributed by atoms with Crippen molar-refractivity contribution in [2.45, 2.75) is 19.3 Å². The molecular weight excluding hydrogens is 392 g/mol. The number of carbonyl (C=O) groups is 2. The lowest BCUT2D eigenvalue weighted by Gasteiger charge is -2.36. The SMILES string of the molecule is NC(=O)c1cc2cc(N3CCN(CCc4ccc5c(c4)NC(=O)CC5)CC3)ccc2o1. The molecule has 2 amide bonds. The quantitative estimate of drug-likeness (QED) is 0.665. The van der Waals surface area contributed by atoms with Gasteiger partial charge < -0.3 is 20.4 Å². The molecule has 31 heavy (non-hydrogen) atoms. The summed E-state index contributed by atoms with van der Waals surface area (Å²) in [5.74, 6) is -0.244. The predicted octanol–water partition coefficient (Wildman–Crippen LogP) is 2.78. The third kappa shape index (κ3) is 4.14. The van der Waals surface area contributed by atoms with E-state index < -0.39 is 5.91 Å². The van der Waals surface area contributed by atoms with E-state index in [1.54, 1.807) is 6.07 Å². The lowest BCUT2D eigenvalue weighted by molar-refractivity contribution is -0.116. The molecule has 3 aromatic rings. The first-order valence-electron chi connectivity index (χ1n) is 10.8. The van der Waals surface area contributed by atoms with Crippen LogP contribution in [0.3, 0.4) is 0 Å². The van der Waals surface area contributed by atoms with Gasteiger partial charge >= 0.3 is 0 Å². The molecule has 3 heterocycles. The van der Waals surface area contributed by atoms with Gasteiger partial charge in [-0.15, -0.1) is 0 Å². The van der Waals surface area contributed by atoms with Gasteiger partial charge in [0.15, 0.2) is 5.76 Å². The summed E-state index contributed by atoms with van der Waals surface area (Å²) in [4.78, 5) is 27.8. The number of benzene rings is 2. The molecule has 1 saturated heterocycles. The molecular formula is C24H26N4O3. The molecule has 7 nitrogen and oxygen atoms in total. The van der Waals surface area contributed by atoms with Crippen LogP contribution in [0.25, 0.3) is 11.0 Å². The molecule has 0 bridgehead atoms. The maximum Gasteiger partial charge on any atom is 0.284 e. The average Bonchev–Trinajstić information content (AvgIpc) is 3.21. The molecule has 7 heteroatoms. The van der Waals surface area contributed by atoms with E-state index in [2.05, 4.69) is 39.4 Å². The van der Waals surface area contributed by atoms with Gasteiger partial charge in [-0.05, 0) is 54.3 Å². The van der Waals surface area contributed by atoms with Gasteiger partial charge in [0.1, 0.15) is 5.58 Å². The number of anilines is 2. The van der Waals surface area contributed by atoms with Gasteiger partial charge in [-0.2, -0.15) is 0 Å². The van der Waals surface area contributed by atoms with Crippen LogP contribution in [0.2, 0.25) is 0 Å². The van der Waals surface area contributed by atoms with E-state index in [0.717, 1.165) is 62.3 Å². The van der Waals surface area contributed by atoms with Crippen molar-refractivity contribution in [3.63, 3.8) is 0 Å². The monoisotopic (exact) mass is 418 g/mol. The maximum atomic E-state index is 11.6. The van der Waals surface area contributed by atoms with E-state index in [0.29, 0.717) is 12.0 Å². The standard InChI is InChI=1S/C24H26N4O3/c25-24(30)22-15-18-14-19(4-5-21(18)31-22)28-11-9-27(10-12-28)8-7-16-1-2-17-3-6-23(29)26-20(17)13-16/h1-2,4-5,13-15H,3,6-12H2,(H2,25,30)(H,26,29). The molecule has 0 atom stereocenters. The topological polar surface area (TPSA) is 91.8 Å². The number of nitrogens with one attached hydrogen (secondary N) is 1. The third-order valence-corrected chi connectivity index (χ3v) is 6.27. The van der Waals surface area contributed by atoms with E-state index in [-0.39, 0.29) is 11.7 Å². The highest BCUT2D eigenvalue weighted by atomic mass is 16.3. The van der Waals surface area contributed by atoms with Crippen LogP contribution < -0.4 is 16.0 Å². The Balaban J connectivity index is 1.17. The molecule has 1 aromatic heterocycles. The van der Waals surface area contributed by atoms with Crippen molar-refractivity contribution in [3.05, 3.63) is 59.4 Å². The molecule has 0 saturated carbocycles. The number of nitrogens with two attached hydrogens (primary N) is 1. The Hall–Kier alpha value is -3.32. The first-order valence-corrected chi connectivity index (χ1v) is 10.8. The molecule has 160 valence electrons. The number of primary amides is 1. The minimum absolute atomic E-state index is 0.111. The number of nitrogens with zero attached hydrogens (tertiary/aromatic N) is 2. The van der Waals surface area contributed by atoms with Crippen LogP contribution in [0.4, 0.5) is 11.4 Å². The lowest BCUT2D eigenvalue weighted by Crippen LogP contribution is -2.47. The third-order valence-electron chi connectivity index (χ3n) is 6.27. The van der Waals surface area contributed by atoms with Crippen molar-refractivity contribution in [2.24, 2.45) is 5.73 Å². The Labute approximate surface area is 180 Å². The zero-order chi connectivity index (χ0) is 21.4. The minimum Gasteiger partial charge on any atom is -0.451 e. The second-order valence-electron chi connectivity index (χ2n) is 8.32. The molecule has 0 aliphatic carbocycles. The van der Waals surface area contributed by atoms with E-state index in [1.807, 2.05) is 12.1 Å². The van der Waals surface area contributed by atoms with Crippen LogP contribution in [-0.4, -0.2) is 49.4 Å². The summed E-state index contributed by atoms with van der Waals surface area (Å²) in [6.07, 6.45) is 2.38. The fourth-order valence-electron chi connectivity index (χ4n) is 4.44. The second kappa shape index (κ2) is 8.07. The van der Waals surface area contributed by atoms with Gasteiger partial charge in [0.05, 0.1) is 0 Å². The summed E-state index contributed by atoms with van der Waals surface area (Å²) in [7, 11) is 0. The zero-order valence-corrected chi connectivity index (χ0v) is 17.4. The van der Waals surface area contributed by atoms with Crippen molar-refractivity contribution < 1.29 is 14.0 Å². The molecule has 0 unspecified atom stereocenters. The van der Waals surface area contributed by atoms with Crippen molar-refractivity contribution in [3.8, 4) is 0 Å². The molecule has 0 radical (unpaired) electrons. The molecule has 2 aliphatic rings. The lowest BCUT2D eigenvalue weighted by atomic mass is 9.99. The number of fused-ring (bicyclic) bond motifs is 2. The number of carbonyl (C=O) groups excluding carboxylic acids is 2. The number of hydrogen-bond donors (Lipinski definition) is 2. The number of rotatable bonds is 5. The van der Waals surface area contributed by atoms with Crippen molar-refractivity contribution in [2.75, 3.05) is 42.9 Å². The molecule has 2 aliphatic heterocycles. The molecule has 0 spiro atoms. The largest absolute Gasteiger partial charge is 0.451 e. The normalized spacial score (nSPS) is 16.9. The summed E-state index contributed by atoms with van der Waals surface area (Å²) in [5, 5.41) is 3.89. The number of hydrogen-bond acceptors (Lipinski definition) is 5. The first-order chi connectivity index (χ1) is 15.0. The van der Waals surface area contributed by atoms with Gasteiger partial charge in [0, 0.05) is 55.9 Å². The highest BCUT2D eigenvalue weighted by molar-refractivity contribution is 5.96. The Morgan fingerprint density at radius 2 is 1.87 bits per heavy atom. The van der Waals surface area contributed by atoms with Crippen LogP contribution in [0.15, 0.2) is 46.9 Å². The molecule has 2 aromatic carbocycles. The van der Waals surface area contributed by atoms with Crippen molar-refractivity contribution >= 4 is 34.2 Å². The summed E-state index contributed by atoms with van der Waals surface area (Å²) >= 11 is 0. The summed E-state index contributed by atoms with van der Waals surface area (Å²) in [6, 6.07) is 14.2. The van der Waals surface area contributed by atoms with Crippen LogP contribution in [0, 0.1) is 0 Å². The van der Waals surface area contributed by atoms with Gasteiger partial charge in [-0.25, -0.2) is 0 Å². The summed E-state index contributed by atoms with van der Waals surface area (Å²) in [5.41, 5.74) is 10.6. The summed E-state index contributed by atoms with van der Waals surface area (Å²) in [6.45, 7) is 4.90. The van der Waals surface area contributed by atoms with E-state index in [9.17, 15) is 9.59 Å². The first kappa shape index (κ1) is 19.6. The zero-order valence-electron chi connectivity index (χ0n) is 17.4. The van der Waals surface area contributed by atoms with Crippen LogP contribution >= 0.6 is 0 Å². The maximum absolute atomic E-state index is 11.6. The van der Waals surface area contributed by atoms with Crippen LogP contribution in [0.1, 0.15) is 28.1 Å². The predicted molar refractivity (Wildman–Crippen MR) is 120 cm³/mol. The van der Waals surface area contributed by atoms with E-state index in [1.165, 1.54) is 11.1 Å². The molecule has 1 fully saturated rings. The van der Waals surface area contributed by atoms with Gasteiger partial charge in [-0.3, -0.25) is 14.5 Å².